The van der Waals surface area contributed by atoms with Gasteiger partial charge >= 0.3 is 5.97 Å². The van der Waals surface area contributed by atoms with E-state index in [0.717, 1.165) is 52.0 Å². The van der Waals surface area contributed by atoms with Gasteiger partial charge in [-0.2, -0.15) is 0 Å². The van der Waals surface area contributed by atoms with Crippen molar-refractivity contribution in [2.24, 2.45) is 5.73 Å². The van der Waals surface area contributed by atoms with Crippen LogP contribution in [0.15, 0.2) is 0 Å². The molecule has 1 aliphatic rings. The third kappa shape index (κ3) is 5.24. The van der Waals surface area contributed by atoms with Gasteiger partial charge in [0.2, 0.25) is 0 Å². The summed E-state index contributed by atoms with van der Waals surface area (Å²) in [6, 6.07) is 0.321. The van der Waals surface area contributed by atoms with Crippen LogP contribution in [0.5, 0.6) is 0 Å². The molecule has 2 atom stereocenters. The minimum atomic E-state index is -1.02. The molecule has 0 radical (unpaired) electrons. The summed E-state index contributed by atoms with van der Waals surface area (Å²) < 4.78 is 0. The van der Waals surface area contributed by atoms with Gasteiger partial charge in [0, 0.05) is 6.04 Å². The van der Waals surface area contributed by atoms with E-state index in [0.29, 0.717) is 18.9 Å². The second-order valence-electron chi connectivity index (χ2n) is 6.22. The lowest BCUT2D eigenvalue weighted by atomic mass is 9.79. The Morgan fingerprint density at radius 3 is 2.43 bits per heavy atom. The molecule has 1 saturated carbocycles. The molecule has 0 saturated heterocycles. The smallest absolute Gasteiger partial charge is 0.323 e. The van der Waals surface area contributed by atoms with Gasteiger partial charge in [-0.1, -0.05) is 20.8 Å². The van der Waals surface area contributed by atoms with E-state index in [2.05, 4.69) is 30.6 Å². The quantitative estimate of drug-likeness (QED) is 0.679. The third-order valence-electron chi connectivity index (χ3n) is 4.92. The summed E-state index contributed by atoms with van der Waals surface area (Å²) in [5.41, 5.74) is 5.05. The predicted octanol–water partition coefficient (Wildman–Crippen LogP) is 1.76. The van der Waals surface area contributed by atoms with Gasteiger partial charge in [0.15, 0.2) is 0 Å². The maximum atomic E-state index is 11.4. The Bertz CT molecular complexity index is 321. The van der Waals surface area contributed by atoms with Crippen molar-refractivity contribution in [1.29, 1.82) is 0 Å². The average Bonchev–Trinajstić information content (AvgIpc) is 2.47. The minimum Gasteiger partial charge on any atom is -0.480 e. The van der Waals surface area contributed by atoms with Gasteiger partial charge in [-0.3, -0.25) is 4.79 Å². The first-order valence-electron chi connectivity index (χ1n) is 8.45. The van der Waals surface area contributed by atoms with Crippen molar-refractivity contribution in [2.45, 2.75) is 64.5 Å². The predicted molar refractivity (Wildman–Crippen MR) is 86.5 cm³/mol. The number of hydrogen-bond donors (Lipinski definition) is 2. The molecular weight excluding hydrogens is 266 g/mol. The molecule has 1 aliphatic carbocycles. The zero-order chi connectivity index (χ0) is 15.9. The molecule has 1 fully saturated rings. The van der Waals surface area contributed by atoms with Crippen LogP contribution in [0.4, 0.5) is 0 Å². The van der Waals surface area contributed by atoms with E-state index in [4.69, 9.17) is 5.73 Å². The third-order valence-corrected chi connectivity index (χ3v) is 4.92. The molecule has 2 unspecified atom stereocenters. The van der Waals surface area contributed by atoms with Crippen LogP contribution < -0.4 is 5.73 Å². The Morgan fingerprint density at radius 1 is 1.24 bits per heavy atom. The molecule has 21 heavy (non-hydrogen) atoms. The zero-order valence-electron chi connectivity index (χ0n) is 14.0. The van der Waals surface area contributed by atoms with E-state index in [-0.39, 0.29) is 0 Å². The maximum Gasteiger partial charge on any atom is 0.323 e. The van der Waals surface area contributed by atoms with Crippen LogP contribution in [0.1, 0.15) is 52.9 Å². The fourth-order valence-corrected chi connectivity index (χ4v) is 3.42. The lowest BCUT2D eigenvalue weighted by Gasteiger charge is -2.40. The van der Waals surface area contributed by atoms with Crippen molar-refractivity contribution < 1.29 is 9.90 Å². The highest BCUT2D eigenvalue weighted by Gasteiger charge is 2.40. The van der Waals surface area contributed by atoms with Gasteiger partial charge in [-0.25, -0.2) is 0 Å². The van der Waals surface area contributed by atoms with Crippen LogP contribution in [-0.4, -0.2) is 65.2 Å². The Labute approximate surface area is 129 Å². The highest BCUT2D eigenvalue weighted by atomic mass is 16.4. The molecule has 124 valence electrons. The number of aliphatic carboxylic acids is 1. The first kappa shape index (κ1) is 18.4. The van der Waals surface area contributed by atoms with Crippen molar-refractivity contribution in [3.8, 4) is 0 Å². The van der Waals surface area contributed by atoms with Crippen molar-refractivity contribution >= 4 is 5.97 Å². The van der Waals surface area contributed by atoms with Crippen LogP contribution >= 0.6 is 0 Å². The number of nitrogens with zero attached hydrogens (tertiary/aromatic N) is 2. The summed E-state index contributed by atoms with van der Waals surface area (Å²) >= 11 is 0. The second kappa shape index (κ2) is 8.71. The van der Waals surface area contributed by atoms with E-state index in [1.165, 1.54) is 0 Å². The first-order valence-corrected chi connectivity index (χ1v) is 8.45. The van der Waals surface area contributed by atoms with Crippen molar-refractivity contribution in [3.63, 3.8) is 0 Å². The number of rotatable bonds is 9. The van der Waals surface area contributed by atoms with Crippen molar-refractivity contribution in [2.75, 3.05) is 32.7 Å². The molecule has 0 heterocycles. The van der Waals surface area contributed by atoms with E-state index in [1.807, 2.05) is 0 Å². The number of hydrogen-bond acceptors (Lipinski definition) is 4. The zero-order valence-corrected chi connectivity index (χ0v) is 14.0. The minimum absolute atomic E-state index is 0.321. The number of carboxylic acids is 1. The van der Waals surface area contributed by atoms with Gasteiger partial charge in [0.25, 0.3) is 0 Å². The summed E-state index contributed by atoms with van der Waals surface area (Å²) in [4.78, 5) is 16.2. The Morgan fingerprint density at radius 2 is 1.90 bits per heavy atom. The number of carbonyl (C=O) groups is 1. The van der Waals surface area contributed by atoms with E-state index in [9.17, 15) is 9.90 Å². The summed E-state index contributed by atoms with van der Waals surface area (Å²) in [7, 11) is 0. The molecule has 0 spiro atoms. The molecule has 5 nitrogen and oxygen atoms in total. The van der Waals surface area contributed by atoms with Crippen LogP contribution in [0.3, 0.4) is 0 Å². The summed E-state index contributed by atoms with van der Waals surface area (Å²) in [6.07, 6.45) is 4.32. The largest absolute Gasteiger partial charge is 0.480 e. The Balaban J connectivity index is 2.49. The molecular formula is C16H33N3O2. The van der Waals surface area contributed by atoms with Gasteiger partial charge in [-0.05, 0) is 64.8 Å². The monoisotopic (exact) mass is 299 g/mol. The van der Waals surface area contributed by atoms with Crippen LogP contribution in [-0.2, 0) is 4.79 Å². The van der Waals surface area contributed by atoms with E-state index < -0.39 is 11.5 Å². The van der Waals surface area contributed by atoms with Gasteiger partial charge in [0.1, 0.15) is 5.54 Å². The molecule has 0 aromatic rings. The molecule has 5 heteroatoms. The lowest BCUT2D eigenvalue weighted by molar-refractivity contribution is -0.145. The fraction of sp³-hybridized carbons (Fsp3) is 0.938. The van der Waals surface area contributed by atoms with Gasteiger partial charge in [-0.15, -0.1) is 0 Å². The Hall–Kier alpha value is -0.650. The normalized spacial score (nSPS) is 26.5. The van der Waals surface area contributed by atoms with Crippen LogP contribution in [0.2, 0.25) is 0 Å². The lowest BCUT2D eigenvalue weighted by Crippen LogP contribution is -2.55. The molecule has 0 amide bonds. The summed E-state index contributed by atoms with van der Waals surface area (Å²) in [6.45, 7) is 11.9. The highest BCUT2D eigenvalue weighted by molar-refractivity contribution is 5.78. The van der Waals surface area contributed by atoms with E-state index >= 15 is 0 Å². The highest BCUT2D eigenvalue weighted by Crippen LogP contribution is 2.29. The van der Waals surface area contributed by atoms with E-state index in [1.54, 1.807) is 0 Å². The average molecular weight is 299 g/mol. The van der Waals surface area contributed by atoms with Crippen molar-refractivity contribution in [3.05, 3.63) is 0 Å². The number of nitrogens with two attached hydrogens (primary N) is 1. The second-order valence-corrected chi connectivity index (χ2v) is 6.22. The molecule has 3 N–H and O–H groups in total. The molecule has 0 aliphatic heterocycles. The van der Waals surface area contributed by atoms with Gasteiger partial charge in [0.05, 0.1) is 0 Å². The molecule has 1 rings (SSSR count). The van der Waals surface area contributed by atoms with Crippen molar-refractivity contribution in [1.82, 2.24) is 9.80 Å². The first-order chi connectivity index (χ1) is 9.96. The van der Waals surface area contributed by atoms with Crippen LogP contribution in [0.25, 0.3) is 0 Å². The number of carboxylic acid groups (broad SMARTS) is 1. The van der Waals surface area contributed by atoms with Gasteiger partial charge < -0.3 is 20.6 Å². The molecule has 0 aromatic heterocycles. The standard InChI is InChI=1S/C16H33N3O2/c1-4-18(5-2)11-8-12-19(6-3)14-9-7-10-16(17,13-14)15(20)21/h14H,4-13,17H2,1-3H3,(H,20,21). The molecule has 0 aromatic carbocycles. The maximum absolute atomic E-state index is 11.4. The SMILES string of the molecule is CCN(CC)CCCN(CC)C1CCCC(N)(C(=O)O)C1. The summed E-state index contributed by atoms with van der Waals surface area (Å²) in [5.74, 6) is -0.841. The topological polar surface area (TPSA) is 69.8 Å². The fourth-order valence-electron chi connectivity index (χ4n) is 3.42. The van der Waals surface area contributed by atoms with Crippen LogP contribution in [0, 0.1) is 0 Å². The molecule has 0 bridgehead atoms. The Kier molecular flexibility index (Phi) is 7.63. The summed E-state index contributed by atoms with van der Waals surface area (Å²) in [5, 5.41) is 9.33.